The molecule has 0 aliphatic rings. The third-order valence-electron chi connectivity index (χ3n) is 2.92. The van der Waals surface area contributed by atoms with Crippen LogP contribution in [-0.2, 0) is 9.53 Å². The maximum atomic E-state index is 11.7. The quantitative estimate of drug-likeness (QED) is 0.797. The molecule has 0 radical (unpaired) electrons. The summed E-state index contributed by atoms with van der Waals surface area (Å²) >= 11 is 9.02. The summed E-state index contributed by atoms with van der Waals surface area (Å²) in [6.07, 6.45) is 0. The second-order valence-corrected chi connectivity index (χ2v) is 5.69. The molecule has 0 fully saturated rings. The molecule has 1 atom stereocenters. The monoisotopic (exact) mass is 371 g/mol. The first kappa shape index (κ1) is 18.5. The number of rotatable bonds is 3. The van der Waals surface area contributed by atoms with Gasteiger partial charge in [0.15, 0.2) is 0 Å². The van der Waals surface area contributed by atoms with Crippen LogP contribution < -0.4 is 5.73 Å². The smallest absolute Gasteiger partial charge is 0.313 e. The zero-order valence-corrected chi connectivity index (χ0v) is 13.9. The summed E-state index contributed by atoms with van der Waals surface area (Å²) < 4.78 is 5.07. The number of carbonyl (C=O) groups is 1. The standard InChI is InChI=1S/C12H15BrClNO3.ClH/c1-12(2,11(17)18-3)10(15)6-4-5-7(14)8(13)9(6)16;/h4-5,10,16H,15H2,1-3H3;1H/t10-;/m0./s1. The van der Waals surface area contributed by atoms with Crippen molar-refractivity contribution in [3.8, 4) is 5.75 Å². The van der Waals surface area contributed by atoms with Crippen LogP contribution in [0.1, 0.15) is 25.5 Å². The van der Waals surface area contributed by atoms with Gasteiger partial charge >= 0.3 is 5.97 Å². The second-order valence-electron chi connectivity index (χ2n) is 4.49. The molecule has 0 bridgehead atoms. The predicted molar refractivity (Wildman–Crippen MR) is 80.8 cm³/mol. The van der Waals surface area contributed by atoms with Gasteiger partial charge in [-0.05, 0) is 35.8 Å². The lowest BCUT2D eigenvalue weighted by molar-refractivity contribution is -0.152. The van der Waals surface area contributed by atoms with Crippen LogP contribution >= 0.6 is 39.9 Å². The van der Waals surface area contributed by atoms with Gasteiger partial charge in [0.05, 0.1) is 22.0 Å². The Bertz CT molecular complexity index is 480. The molecule has 0 saturated heterocycles. The van der Waals surface area contributed by atoms with Crippen molar-refractivity contribution in [1.82, 2.24) is 0 Å². The number of halogens is 3. The molecule has 4 nitrogen and oxygen atoms in total. The fraction of sp³-hybridized carbons (Fsp3) is 0.417. The van der Waals surface area contributed by atoms with Crippen LogP contribution in [0.25, 0.3) is 0 Å². The number of methoxy groups -OCH3 is 1. The van der Waals surface area contributed by atoms with Gasteiger partial charge in [0.2, 0.25) is 0 Å². The number of aromatic hydroxyl groups is 1. The Hall–Kier alpha value is -0.490. The molecule has 1 aromatic carbocycles. The van der Waals surface area contributed by atoms with E-state index in [2.05, 4.69) is 15.9 Å². The van der Waals surface area contributed by atoms with Crippen molar-refractivity contribution < 1.29 is 14.6 Å². The van der Waals surface area contributed by atoms with Gasteiger partial charge in [-0.15, -0.1) is 12.4 Å². The van der Waals surface area contributed by atoms with Gasteiger partial charge in [0.25, 0.3) is 0 Å². The van der Waals surface area contributed by atoms with Crippen LogP contribution in [0, 0.1) is 5.41 Å². The van der Waals surface area contributed by atoms with Crippen LogP contribution in [0.2, 0.25) is 5.02 Å². The number of ether oxygens (including phenoxy) is 1. The van der Waals surface area contributed by atoms with E-state index in [9.17, 15) is 9.90 Å². The van der Waals surface area contributed by atoms with E-state index in [1.165, 1.54) is 7.11 Å². The molecule has 0 amide bonds. The molecule has 108 valence electrons. The first-order valence-electron chi connectivity index (χ1n) is 5.24. The zero-order chi connectivity index (χ0) is 14.1. The van der Waals surface area contributed by atoms with E-state index in [1.807, 2.05) is 0 Å². The van der Waals surface area contributed by atoms with Crippen LogP contribution in [0.3, 0.4) is 0 Å². The van der Waals surface area contributed by atoms with Crippen molar-refractivity contribution in [2.75, 3.05) is 7.11 Å². The van der Waals surface area contributed by atoms with Crippen molar-refractivity contribution in [2.24, 2.45) is 11.1 Å². The third-order valence-corrected chi connectivity index (χ3v) is 4.27. The molecule has 3 N–H and O–H groups in total. The Kier molecular flexibility index (Phi) is 6.62. The molecular formula is C12H16BrCl2NO3. The van der Waals surface area contributed by atoms with Crippen LogP contribution in [0.5, 0.6) is 5.75 Å². The van der Waals surface area contributed by atoms with Crippen molar-refractivity contribution in [2.45, 2.75) is 19.9 Å². The third kappa shape index (κ3) is 3.54. The summed E-state index contributed by atoms with van der Waals surface area (Å²) in [6.45, 7) is 3.32. The van der Waals surface area contributed by atoms with E-state index in [1.54, 1.807) is 26.0 Å². The molecular weight excluding hydrogens is 357 g/mol. The van der Waals surface area contributed by atoms with Gasteiger partial charge in [-0.3, -0.25) is 4.79 Å². The molecule has 0 heterocycles. The van der Waals surface area contributed by atoms with Gasteiger partial charge in [-0.1, -0.05) is 17.7 Å². The van der Waals surface area contributed by atoms with E-state index in [-0.39, 0.29) is 18.2 Å². The lowest BCUT2D eigenvalue weighted by Gasteiger charge is -2.29. The predicted octanol–water partition coefficient (Wildman–Crippen LogP) is 3.43. The topological polar surface area (TPSA) is 72.5 Å². The number of carbonyl (C=O) groups excluding carboxylic acids is 1. The van der Waals surface area contributed by atoms with Gasteiger partial charge in [0, 0.05) is 11.6 Å². The molecule has 1 rings (SSSR count). The van der Waals surface area contributed by atoms with E-state index in [4.69, 9.17) is 22.1 Å². The van der Waals surface area contributed by atoms with Crippen molar-refractivity contribution in [1.29, 1.82) is 0 Å². The Morgan fingerprint density at radius 3 is 2.53 bits per heavy atom. The first-order chi connectivity index (χ1) is 8.23. The van der Waals surface area contributed by atoms with Crippen LogP contribution in [0.4, 0.5) is 0 Å². The summed E-state index contributed by atoms with van der Waals surface area (Å²) in [4.78, 5) is 11.7. The van der Waals surface area contributed by atoms with E-state index in [0.29, 0.717) is 15.1 Å². The van der Waals surface area contributed by atoms with Gasteiger partial charge in [0.1, 0.15) is 5.75 Å². The zero-order valence-electron chi connectivity index (χ0n) is 10.7. The maximum absolute atomic E-state index is 11.7. The minimum atomic E-state index is -0.959. The van der Waals surface area contributed by atoms with E-state index in [0.717, 1.165) is 0 Å². The lowest BCUT2D eigenvalue weighted by atomic mass is 9.81. The highest BCUT2D eigenvalue weighted by Gasteiger charge is 2.38. The Morgan fingerprint density at radius 2 is 2.05 bits per heavy atom. The number of hydrogen-bond acceptors (Lipinski definition) is 4. The largest absolute Gasteiger partial charge is 0.506 e. The van der Waals surface area contributed by atoms with Gasteiger partial charge in [-0.2, -0.15) is 0 Å². The normalized spacial score (nSPS) is 12.5. The fourth-order valence-electron chi connectivity index (χ4n) is 1.58. The molecule has 0 unspecified atom stereocenters. The van der Waals surface area contributed by atoms with Crippen molar-refractivity contribution in [3.05, 3.63) is 27.2 Å². The van der Waals surface area contributed by atoms with Crippen molar-refractivity contribution >= 4 is 45.9 Å². The summed E-state index contributed by atoms with van der Waals surface area (Å²) in [5.41, 5.74) is 5.52. The van der Waals surface area contributed by atoms with E-state index < -0.39 is 17.4 Å². The number of phenols is 1. The van der Waals surface area contributed by atoms with E-state index >= 15 is 0 Å². The lowest BCUT2D eigenvalue weighted by Crippen LogP contribution is -2.37. The Morgan fingerprint density at radius 1 is 1.53 bits per heavy atom. The first-order valence-corrected chi connectivity index (χ1v) is 6.41. The highest BCUT2D eigenvalue weighted by atomic mass is 79.9. The number of esters is 1. The highest BCUT2D eigenvalue weighted by Crippen LogP contribution is 2.42. The molecule has 0 saturated carbocycles. The summed E-state index contributed by atoms with van der Waals surface area (Å²) in [7, 11) is 1.30. The fourth-order valence-corrected chi connectivity index (χ4v) is 2.10. The Labute approximate surface area is 131 Å². The number of nitrogens with two attached hydrogens (primary N) is 1. The summed E-state index contributed by atoms with van der Waals surface area (Å²) in [5, 5.41) is 10.4. The molecule has 0 aliphatic heterocycles. The van der Waals surface area contributed by atoms with Crippen LogP contribution in [-0.4, -0.2) is 18.2 Å². The number of hydrogen-bond donors (Lipinski definition) is 2. The minimum Gasteiger partial charge on any atom is -0.506 e. The number of phenolic OH excluding ortho intramolecular Hbond substituents is 1. The highest BCUT2D eigenvalue weighted by molar-refractivity contribution is 9.10. The molecule has 0 spiro atoms. The van der Waals surface area contributed by atoms with Gasteiger partial charge in [-0.25, -0.2) is 0 Å². The maximum Gasteiger partial charge on any atom is 0.313 e. The number of benzene rings is 1. The summed E-state index contributed by atoms with van der Waals surface area (Å²) in [5.74, 6) is -0.507. The second kappa shape index (κ2) is 6.79. The van der Waals surface area contributed by atoms with Crippen LogP contribution in [0.15, 0.2) is 16.6 Å². The van der Waals surface area contributed by atoms with Gasteiger partial charge < -0.3 is 15.6 Å². The molecule has 1 aromatic rings. The van der Waals surface area contributed by atoms with Crippen molar-refractivity contribution in [3.63, 3.8) is 0 Å². The SMILES string of the molecule is COC(=O)C(C)(C)[C@@H](N)c1ccc(Cl)c(Br)c1O.Cl. The average Bonchev–Trinajstić information content (AvgIpc) is 2.34. The Balaban J connectivity index is 0.00000324. The minimum absolute atomic E-state index is 0. The summed E-state index contributed by atoms with van der Waals surface area (Å²) in [6, 6.07) is 2.49. The molecule has 0 aromatic heterocycles. The molecule has 7 heteroatoms. The average molecular weight is 373 g/mol. The molecule has 0 aliphatic carbocycles. The molecule has 19 heavy (non-hydrogen) atoms.